The van der Waals surface area contributed by atoms with Gasteiger partial charge in [0, 0.05) is 11.6 Å². The molecular weight excluding hydrogens is 328 g/mol. The van der Waals surface area contributed by atoms with Crippen LogP contribution >= 0.6 is 11.6 Å². The Morgan fingerprint density at radius 2 is 1.62 bits per heavy atom. The highest BCUT2D eigenvalue weighted by molar-refractivity contribution is 6.30. The molecule has 0 heterocycles. The highest BCUT2D eigenvalue weighted by Gasteiger charge is 2.06. The van der Waals surface area contributed by atoms with Crippen LogP contribution < -0.4 is 15.4 Å². The molecule has 2 rings (SSSR count). The Labute approximate surface area is 146 Å². The van der Waals surface area contributed by atoms with E-state index < -0.39 is 0 Å². The van der Waals surface area contributed by atoms with E-state index >= 15 is 0 Å². The van der Waals surface area contributed by atoms with Gasteiger partial charge in [0.2, 0.25) is 5.91 Å². The average Bonchev–Trinajstić information content (AvgIpc) is 2.59. The SMILES string of the molecule is Cc1ccc(OCC(=O)NCC(=O)NCc2ccc(Cl)cc2)cc1. The molecule has 0 unspecified atom stereocenters. The normalized spacial score (nSPS) is 10.1. The van der Waals surface area contributed by atoms with Gasteiger partial charge in [-0.15, -0.1) is 0 Å². The predicted octanol–water partition coefficient (Wildman–Crippen LogP) is 2.46. The molecule has 0 aliphatic carbocycles. The zero-order chi connectivity index (χ0) is 17.4. The fourth-order valence-electron chi connectivity index (χ4n) is 1.88. The third-order valence-electron chi connectivity index (χ3n) is 3.24. The lowest BCUT2D eigenvalue weighted by molar-refractivity contribution is -0.127. The average molecular weight is 347 g/mol. The van der Waals surface area contributed by atoms with E-state index in [4.69, 9.17) is 16.3 Å². The quantitative estimate of drug-likeness (QED) is 0.809. The van der Waals surface area contributed by atoms with Crippen LogP contribution in [0, 0.1) is 6.92 Å². The number of carbonyl (C=O) groups is 2. The van der Waals surface area contributed by atoms with E-state index in [1.54, 1.807) is 24.3 Å². The van der Waals surface area contributed by atoms with Gasteiger partial charge < -0.3 is 15.4 Å². The van der Waals surface area contributed by atoms with Gasteiger partial charge in [0.25, 0.3) is 5.91 Å². The Morgan fingerprint density at radius 1 is 0.958 bits per heavy atom. The number of rotatable bonds is 7. The van der Waals surface area contributed by atoms with Crippen molar-refractivity contribution in [1.82, 2.24) is 10.6 Å². The molecule has 24 heavy (non-hydrogen) atoms. The molecule has 5 nitrogen and oxygen atoms in total. The molecule has 0 saturated heterocycles. The lowest BCUT2D eigenvalue weighted by Crippen LogP contribution is -2.38. The standard InChI is InChI=1S/C18H19ClN2O3/c1-13-2-8-16(9-3-13)24-12-18(23)21-11-17(22)20-10-14-4-6-15(19)7-5-14/h2-9H,10-12H2,1H3,(H,20,22)(H,21,23). The third-order valence-corrected chi connectivity index (χ3v) is 3.49. The molecule has 0 spiro atoms. The van der Waals surface area contributed by atoms with E-state index in [1.807, 2.05) is 31.2 Å². The molecule has 0 atom stereocenters. The summed E-state index contributed by atoms with van der Waals surface area (Å²) in [6, 6.07) is 14.6. The van der Waals surface area contributed by atoms with Gasteiger partial charge in [0.15, 0.2) is 6.61 Å². The molecule has 6 heteroatoms. The van der Waals surface area contributed by atoms with Crippen molar-refractivity contribution < 1.29 is 14.3 Å². The van der Waals surface area contributed by atoms with Gasteiger partial charge in [0.1, 0.15) is 5.75 Å². The van der Waals surface area contributed by atoms with E-state index in [1.165, 1.54) is 0 Å². The minimum atomic E-state index is -0.350. The molecule has 0 fully saturated rings. The number of halogens is 1. The van der Waals surface area contributed by atoms with Crippen LogP contribution in [0.2, 0.25) is 5.02 Å². The Bertz CT molecular complexity index is 623. The van der Waals surface area contributed by atoms with Gasteiger partial charge in [-0.1, -0.05) is 41.4 Å². The van der Waals surface area contributed by atoms with Gasteiger partial charge in [-0.3, -0.25) is 9.59 Å². The van der Waals surface area contributed by atoms with Gasteiger partial charge in [0.05, 0.1) is 6.54 Å². The molecule has 126 valence electrons. The van der Waals surface area contributed by atoms with Crippen LogP contribution in [0.3, 0.4) is 0 Å². The Hall–Kier alpha value is -2.53. The summed E-state index contributed by atoms with van der Waals surface area (Å²) in [5.41, 5.74) is 2.05. The maximum absolute atomic E-state index is 11.7. The molecule has 2 N–H and O–H groups in total. The number of benzene rings is 2. The summed E-state index contributed by atoms with van der Waals surface area (Å²) in [7, 11) is 0. The molecule has 0 radical (unpaired) electrons. The summed E-state index contributed by atoms with van der Waals surface area (Å²) in [5, 5.41) is 5.87. The van der Waals surface area contributed by atoms with E-state index in [-0.39, 0.29) is 25.0 Å². The summed E-state index contributed by atoms with van der Waals surface area (Å²) >= 11 is 5.79. The van der Waals surface area contributed by atoms with Crippen LogP contribution in [0.4, 0.5) is 0 Å². The maximum Gasteiger partial charge on any atom is 0.258 e. The van der Waals surface area contributed by atoms with E-state index in [0.29, 0.717) is 17.3 Å². The molecule has 0 aromatic heterocycles. The molecule has 0 aliphatic rings. The lowest BCUT2D eigenvalue weighted by Gasteiger charge is -2.08. The fraction of sp³-hybridized carbons (Fsp3) is 0.222. The second-order valence-corrected chi connectivity index (χ2v) is 5.72. The van der Waals surface area contributed by atoms with E-state index in [2.05, 4.69) is 10.6 Å². The number of nitrogens with one attached hydrogen (secondary N) is 2. The van der Waals surface area contributed by atoms with Gasteiger partial charge in [-0.25, -0.2) is 0 Å². The van der Waals surface area contributed by atoms with Crippen molar-refractivity contribution in [1.29, 1.82) is 0 Å². The van der Waals surface area contributed by atoms with Crippen LogP contribution in [-0.2, 0) is 16.1 Å². The summed E-state index contributed by atoms with van der Waals surface area (Å²) in [5.74, 6) is -0.00575. The van der Waals surface area contributed by atoms with Crippen LogP contribution in [-0.4, -0.2) is 25.0 Å². The van der Waals surface area contributed by atoms with Crippen molar-refractivity contribution in [2.45, 2.75) is 13.5 Å². The molecule has 2 aromatic carbocycles. The first-order chi connectivity index (χ1) is 11.5. The van der Waals surface area contributed by atoms with Crippen molar-refractivity contribution in [3.05, 3.63) is 64.7 Å². The van der Waals surface area contributed by atoms with Gasteiger partial charge >= 0.3 is 0 Å². The molecule has 2 amide bonds. The second-order valence-electron chi connectivity index (χ2n) is 5.28. The van der Waals surface area contributed by atoms with E-state index in [9.17, 15) is 9.59 Å². The number of hydrogen-bond donors (Lipinski definition) is 2. The Balaban J connectivity index is 1.64. The first-order valence-electron chi connectivity index (χ1n) is 7.50. The first-order valence-corrected chi connectivity index (χ1v) is 7.88. The topological polar surface area (TPSA) is 67.4 Å². The number of hydrogen-bond acceptors (Lipinski definition) is 3. The van der Waals surface area contributed by atoms with Gasteiger partial charge in [-0.2, -0.15) is 0 Å². The highest BCUT2D eigenvalue weighted by Crippen LogP contribution is 2.11. The van der Waals surface area contributed by atoms with E-state index in [0.717, 1.165) is 11.1 Å². The van der Waals surface area contributed by atoms with Gasteiger partial charge in [-0.05, 0) is 36.8 Å². The van der Waals surface area contributed by atoms with Crippen molar-refractivity contribution >= 4 is 23.4 Å². The third kappa shape index (κ3) is 6.30. The van der Waals surface area contributed by atoms with Crippen LogP contribution in [0.25, 0.3) is 0 Å². The Kier molecular flexibility index (Phi) is 6.63. The molecule has 0 bridgehead atoms. The molecule has 0 aliphatic heterocycles. The highest BCUT2D eigenvalue weighted by atomic mass is 35.5. The summed E-state index contributed by atoms with van der Waals surface area (Å²) < 4.78 is 5.34. The summed E-state index contributed by atoms with van der Waals surface area (Å²) in [6.45, 7) is 2.13. The maximum atomic E-state index is 11.7. The minimum Gasteiger partial charge on any atom is -0.484 e. The summed E-state index contributed by atoms with van der Waals surface area (Å²) in [6.07, 6.45) is 0. The molecule has 0 saturated carbocycles. The second kappa shape index (κ2) is 8.93. The number of carbonyl (C=O) groups excluding carboxylic acids is 2. The largest absolute Gasteiger partial charge is 0.484 e. The fourth-order valence-corrected chi connectivity index (χ4v) is 2.00. The molecule has 2 aromatic rings. The molecular formula is C18H19ClN2O3. The number of ether oxygens (including phenoxy) is 1. The van der Waals surface area contributed by atoms with Crippen molar-refractivity contribution in [2.75, 3.05) is 13.2 Å². The zero-order valence-corrected chi connectivity index (χ0v) is 14.1. The minimum absolute atomic E-state index is 0.0936. The lowest BCUT2D eigenvalue weighted by atomic mass is 10.2. The Morgan fingerprint density at radius 3 is 2.29 bits per heavy atom. The van der Waals surface area contributed by atoms with Crippen molar-refractivity contribution in [3.8, 4) is 5.75 Å². The van der Waals surface area contributed by atoms with Crippen LogP contribution in [0.5, 0.6) is 5.75 Å². The monoisotopic (exact) mass is 346 g/mol. The summed E-state index contributed by atoms with van der Waals surface area (Å²) in [4.78, 5) is 23.4. The number of amides is 2. The predicted molar refractivity (Wildman–Crippen MR) is 93.0 cm³/mol. The zero-order valence-electron chi connectivity index (χ0n) is 13.3. The first kappa shape index (κ1) is 17.8. The van der Waals surface area contributed by atoms with Crippen LogP contribution in [0.1, 0.15) is 11.1 Å². The van der Waals surface area contributed by atoms with Crippen molar-refractivity contribution in [2.24, 2.45) is 0 Å². The number of aryl methyl sites for hydroxylation is 1. The smallest absolute Gasteiger partial charge is 0.258 e. The van der Waals surface area contributed by atoms with Crippen LogP contribution in [0.15, 0.2) is 48.5 Å². The van der Waals surface area contributed by atoms with Crippen molar-refractivity contribution in [3.63, 3.8) is 0 Å².